The summed E-state index contributed by atoms with van der Waals surface area (Å²) in [5, 5.41) is 9.35. The maximum Gasteiger partial charge on any atom is 0.242 e. The van der Waals surface area contributed by atoms with Gasteiger partial charge in [-0.25, -0.2) is 4.99 Å². The Morgan fingerprint density at radius 2 is 2.13 bits per heavy atom. The highest BCUT2D eigenvalue weighted by Gasteiger charge is 2.23. The molecule has 1 heterocycles. The minimum Gasteiger partial charge on any atom is -0.488 e. The van der Waals surface area contributed by atoms with Crippen LogP contribution in [0.2, 0.25) is 0 Å². The monoisotopic (exact) mass is 316 g/mol. The lowest BCUT2D eigenvalue weighted by Crippen LogP contribution is -2.43. The van der Waals surface area contributed by atoms with E-state index in [0.29, 0.717) is 18.5 Å². The molecule has 1 aromatic rings. The standard InChI is InChI=1S/C17H24N4O2/c1-2-18-17(20-11-16(22)21-13-7-8-13)19-10-14-9-12-5-3-4-6-15(12)23-14/h3-6,13-14H,2,7-11H2,1H3,(H,21,22)(H2,18,19,20). The first kappa shape index (κ1) is 15.6. The lowest BCUT2D eigenvalue weighted by atomic mass is 10.1. The molecule has 3 rings (SSSR count). The van der Waals surface area contributed by atoms with E-state index in [2.05, 4.69) is 27.0 Å². The minimum atomic E-state index is -0.0192. The third kappa shape index (κ3) is 4.61. The number of ether oxygens (including phenoxy) is 1. The number of hydrogen-bond donors (Lipinski definition) is 3. The number of aliphatic imine (C=N–C) groups is 1. The highest BCUT2D eigenvalue weighted by molar-refractivity contribution is 5.85. The molecule has 6 heteroatoms. The van der Waals surface area contributed by atoms with Crippen molar-refractivity contribution in [3.05, 3.63) is 29.8 Å². The smallest absolute Gasteiger partial charge is 0.242 e. The third-order valence-electron chi connectivity index (χ3n) is 3.88. The van der Waals surface area contributed by atoms with Crippen molar-refractivity contribution in [3.63, 3.8) is 0 Å². The van der Waals surface area contributed by atoms with Crippen LogP contribution in [0.4, 0.5) is 0 Å². The van der Waals surface area contributed by atoms with Crippen LogP contribution in [0.3, 0.4) is 0 Å². The Bertz CT molecular complexity index is 559. The average molecular weight is 316 g/mol. The van der Waals surface area contributed by atoms with Crippen LogP contribution in [0.1, 0.15) is 25.3 Å². The number of rotatable bonds is 6. The van der Waals surface area contributed by atoms with Crippen molar-refractivity contribution in [2.24, 2.45) is 4.99 Å². The van der Waals surface area contributed by atoms with E-state index >= 15 is 0 Å². The number of hydrogen-bond acceptors (Lipinski definition) is 3. The van der Waals surface area contributed by atoms with Crippen LogP contribution in [0.5, 0.6) is 5.75 Å². The maximum atomic E-state index is 11.7. The van der Waals surface area contributed by atoms with Gasteiger partial charge < -0.3 is 20.7 Å². The van der Waals surface area contributed by atoms with Gasteiger partial charge in [0, 0.05) is 19.0 Å². The molecule has 1 atom stereocenters. The molecular weight excluding hydrogens is 292 g/mol. The minimum absolute atomic E-state index is 0.0192. The summed E-state index contributed by atoms with van der Waals surface area (Å²) in [4.78, 5) is 16.0. The molecule has 6 nitrogen and oxygen atoms in total. The molecule has 1 fully saturated rings. The maximum absolute atomic E-state index is 11.7. The molecule has 1 aliphatic carbocycles. The molecule has 1 aromatic carbocycles. The summed E-state index contributed by atoms with van der Waals surface area (Å²) in [5.41, 5.74) is 1.24. The Morgan fingerprint density at radius 3 is 2.87 bits per heavy atom. The van der Waals surface area contributed by atoms with E-state index < -0.39 is 0 Å². The number of para-hydroxylation sites is 1. The predicted octanol–water partition coefficient (Wildman–Crippen LogP) is 0.824. The van der Waals surface area contributed by atoms with Gasteiger partial charge in [0.1, 0.15) is 18.4 Å². The molecular formula is C17H24N4O2. The van der Waals surface area contributed by atoms with Crippen molar-refractivity contribution in [3.8, 4) is 5.75 Å². The average Bonchev–Trinajstić information content (AvgIpc) is 3.25. The number of guanidine groups is 1. The third-order valence-corrected chi connectivity index (χ3v) is 3.88. The fourth-order valence-corrected chi connectivity index (χ4v) is 2.57. The molecule has 0 radical (unpaired) electrons. The molecule has 0 aromatic heterocycles. The number of nitrogens with zero attached hydrogens (tertiary/aromatic N) is 1. The lowest BCUT2D eigenvalue weighted by molar-refractivity contribution is -0.119. The van der Waals surface area contributed by atoms with Gasteiger partial charge >= 0.3 is 0 Å². The van der Waals surface area contributed by atoms with Crippen molar-refractivity contribution in [1.29, 1.82) is 0 Å². The van der Waals surface area contributed by atoms with Crippen molar-refractivity contribution in [2.45, 2.75) is 38.3 Å². The first-order valence-electron chi connectivity index (χ1n) is 8.30. The Labute approximate surface area is 136 Å². The quantitative estimate of drug-likeness (QED) is 0.537. The predicted molar refractivity (Wildman–Crippen MR) is 89.7 cm³/mol. The second-order valence-corrected chi connectivity index (χ2v) is 5.97. The van der Waals surface area contributed by atoms with Gasteiger partial charge in [-0.2, -0.15) is 0 Å². The zero-order valence-electron chi connectivity index (χ0n) is 13.5. The topological polar surface area (TPSA) is 74.8 Å². The number of carbonyl (C=O) groups excluding carboxylic acids is 1. The van der Waals surface area contributed by atoms with Crippen LogP contribution in [0, 0.1) is 0 Å². The van der Waals surface area contributed by atoms with Crippen molar-refractivity contribution in [2.75, 3.05) is 19.6 Å². The fourth-order valence-electron chi connectivity index (χ4n) is 2.57. The normalized spacial score (nSPS) is 19.7. The fraction of sp³-hybridized carbons (Fsp3) is 0.529. The highest BCUT2D eigenvalue weighted by Crippen LogP contribution is 2.27. The second kappa shape index (κ2) is 7.35. The number of amides is 1. The molecule has 1 aliphatic heterocycles. The van der Waals surface area contributed by atoms with Gasteiger partial charge in [0.15, 0.2) is 5.96 Å². The lowest BCUT2D eigenvalue weighted by Gasteiger charge is -2.15. The van der Waals surface area contributed by atoms with Crippen LogP contribution in [-0.4, -0.2) is 43.6 Å². The van der Waals surface area contributed by atoms with Gasteiger partial charge in [-0.3, -0.25) is 4.79 Å². The summed E-state index contributed by atoms with van der Waals surface area (Å²) >= 11 is 0. The van der Waals surface area contributed by atoms with E-state index in [1.165, 1.54) is 5.56 Å². The van der Waals surface area contributed by atoms with E-state index in [-0.39, 0.29) is 18.6 Å². The van der Waals surface area contributed by atoms with Gasteiger partial charge in [0.05, 0.1) is 6.54 Å². The summed E-state index contributed by atoms with van der Waals surface area (Å²) < 4.78 is 5.90. The molecule has 2 aliphatic rings. The summed E-state index contributed by atoms with van der Waals surface area (Å²) in [6.45, 7) is 3.56. The van der Waals surface area contributed by atoms with Gasteiger partial charge in [-0.15, -0.1) is 0 Å². The molecule has 124 valence electrons. The Hall–Kier alpha value is -2.24. The van der Waals surface area contributed by atoms with Gasteiger partial charge in [-0.1, -0.05) is 18.2 Å². The van der Waals surface area contributed by atoms with Gasteiger partial charge in [-0.05, 0) is 31.4 Å². The highest BCUT2D eigenvalue weighted by atomic mass is 16.5. The Balaban J connectivity index is 1.46. The summed E-state index contributed by atoms with van der Waals surface area (Å²) in [6.07, 6.45) is 3.17. The number of fused-ring (bicyclic) bond motifs is 1. The van der Waals surface area contributed by atoms with E-state index in [0.717, 1.165) is 31.6 Å². The molecule has 0 spiro atoms. The molecule has 1 amide bonds. The van der Waals surface area contributed by atoms with Crippen molar-refractivity contribution < 1.29 is 9.53 Å². The largest absolute Gasteiger partial charge is 0.488 e. The zero-order valence-corrected chi connectivity index (χ0v) is 13.5. The van der Waals surface area contributed by atoms with Crippen molar-refractivity contribution in [1.82, 2.24) is 16.0 Å². The van der Waals surface area contributed by atoms with E-state index in [1.54, 1.807) is 0 Å². The van der Waals surface area contributed by atoms with Crippen LogP contribution < -0.4 is 20.7 Å². The first-order chi connectivity index (χ1) is 11.2. The van der Waals surface area contributed by atoms with Crippen LogP contribution in [0.25, 0.3) is 0 Å². The van der Waals surface area contributed by atoms with Crippen LogP contribution in [0.15, 0.2) is 29.3 Å². The van der Waals surface area contributed by atoms with E-state index in [9.17, 15) is 4.79 Å². The molecule has 0 saturated heterocycles. The molecule has 0 bridgehead atoms. The van der Waals surface area contributed by atoms with Gasteiger partial charge in [0.25, 0.3) is 0 Å². The van der Waals surface area contributed by atoms with E-state index in [1.807, 2.05) is 25.1 Å². The number of benzene rings is 1. The summed E-state index contributed by atoms with van der Waals surface area (Å²) in [5.74, 6) is 1.59. The molecule has 23 heavy (non-hydrogen) atoms. The zero-order chi connectivity index (χ0) is 16.1. The van der Waals surface area contributed by atoms with Crippen molar-refractivity contribution >= 4 is 11.9 Å². The summed E-state index contributed by atoms with van der Waals surface area (Å²) in [6, 6.07) is 8.48. The Morgan fingerprint density at radius 1 is 1.30 bits per heavy atom. The molecule has 3 N–H and O–H groups in total. The summed E-state index contributed by atoms with van der Waals surface area (Å²) in [7, 11) is 0. The van der Waals surface area contributed by atoms with Gasteiger partial charge in [0.2, 0.25) is 5.91 Å². The van der Waals surface area contributed by atoms with E-state index in [4.69, 9.17) is 4.74 Å². The molecule has 1 unspecified atom stereocenters. The number of carbonyl (C=O) groups is 1. The molecule has 1 saturated carbocycles. The van der Waals surface area contributed by atoms with Crippen LogP contribution in [-0.2, 0) is 11.2 Å². The van der Waals surface area contributed by atoms with Crippen LogP contribution >= 0.6 is 0 Å². The second-order valence-electron chi connectivity index (χ2n) is 5.97. The number of nitrogens with one attached hydrogen (secondary N) is 3. The first-order valence-corrected chi connectivity index (χ1v) is 8.30. The SMILES string of the molecule is CCNC(=NCC(=O)NC1CC1)NCC1Cc2ccccc2O1. The Kier molecular flexibility index (Phi) is 5.00.